The van der Waals surface area contributed by atoms with E-state index in [1.165, 1.54) is 7.11 Å². The molecule has 0 amide bonds. The van der Waals surface area contributed by atoms with Gasteiger partial charge in [-0.15, -0.1) is 0 Å². The van der Waals surface area contributed by atoms with Crippen molar-refractivity contribution < 1.29 is 23.9 Å². The van der Waals surface area contributed by atoms with Crippen LogP contribution < -0.4 is 0 Å². The number of ether oxygens (including phenoxy) is 1. The Hall–Kier alpha value is -0.723. The van der Waals surface area contributed by atoms with Gasteiger partial charge in [-0.05, 0) is 25.6 Å². The Morgan fingerprint density at radius 3 is 2.57 bits per heavy atom. The monoisotopic (exact) mass is 316 g/mol. The molecule has 1 saturated carbocycles. The maximum absolute atomic E-state index is 12.3. The molecule has 21 heavy (non-hydrogen) atoms. The molecular weight excluding hydrogens is 288 g/mol. The lowest BCUT2D eigenvalue weighted by atomic mass is 9.76. The van der Waals surface area contributed by atoms with E-state index >= 15 is 0 Å². The van der Waals surface area contributed by atoms with Gasteiger partial charge in [0, 0.05) is 12.3 Å². The number of carbonyl (C=O) groups excluding carboxylic acids is 2. The summed E-state index contributed by atoms with van der Waals surface area (Å²) in [5.41, 5.74) is -1.61. The van der Waals surface area contributed by atoms with Crippen molar-refractivity contribution in [3.05, 3.63) is 0 Å². The molecule has 0 unspecified atom stereocenters. The number of ketones is 1. The van der Waals surface area contributed by atoms with E-state index in [-0.39, 0.29) is 18.6 Å². The molecular formula is C15H28O5Si. The van der Waals surface area contributed by atoms with E-state index in [2.05, 4.69) is 24.8 Å². The number of Topliss-reactive ketones (excluding diaryl/α,β-unsaturated/α-hetero) is 1. The molecule has 0 aromatic heterocycles. The highest BCUT2D eigenvalue weighted by atomic mass is 28.4. The Labute approximate surface area is 128 Å². The smallest absolute Gasteiger partial charge is 0.337 e. The highest BCUT2D eigenvalue weighted by Crippen LogP contribution is 2.34. The first kappa shape index (κ1) is 18.3. The first-order valence-corrected chi connectivity index (χ1v) is 10.8. The van der Waals surface area contributed by atoms with Gasteiger partial charge in [-0.1, -0.05) is 26.7 Å². The maximum Gasteiger partial charge on any atom is 0.337 e. The predicted octanol–water partition coefficient (Wildman–Crippen LogP) is 2.28. The van der Waals surface area contributed by atoms with Crippen LogP contribution in [0.3, 0.4) is 0 Å². The number of rotatable bonds is 6. The van der Waals surface area contributed by atoms with Crippen LogP contribution >= 0.6 is 0 Å². The minimum absolute atomic E-state index is 0.00536. The summed E-state index contributed by atoms with van der Waals surface area (Å²) in [4.78, 5) is 24.1. The second-order valence-electron chi connectivity index (χ2n) is 6.70. The van der Waals surface area contributed by atoms with Gasteiger partial charge in [-0.25, -0.2) is 4.79 Å². The molecule has 1 aliphatic carbocycles. The molecule has 5 nitrogen and oxygen atoms in total. The van der Waals surface area contributed by atoms with Crippen molar-refractivity contribution in [2.75, 3.05) is 7.11 Å². The van der Waals surface area contributed by atoms with E-state index in [9.17, 15) is 14.7 Å². The van der Waals surface area contributed by atoms with E-state index in [4.69, 9.17) is 4.43 Å². The molecule has 0 heterocycles. The van der Waals surface area contributed by atoms with Crippen LogP contribution in [0.25, 0.3) is 0 Å². The quantitative estimate of drug-likeness (QED) is 0.601. The van der Waals surface area contributed by atoms with Gasteiger partial charge in [0.05, 0.1) is 7.11 Å². The van der Waals surface area contributed by atoms with E-state index < -0.39 is 31.9 Å². The van der Waals surface area contributed by atoms with Crippen LogP contribution in [0.15, 0.2) is 0 Å². The summed E-state index contributed by atoms with van der Waals surface area (Å²) >= 11 is 0. The second kappa shape index (κ2) is 7.02. The van der Waals surface area contributed by atoms with E-state index in [0.29, 0.717) is 0 Å². The molecule has 0 spiro atoms. The third-order valence-corrected chi connectivity index (χ3v) is 6.61. The lowest BCUT2D eigenvalue weighted by molar-refractivity contribution is -0.173. The average Bonchev–Trinajstić information content (AvgIpc) is 2.41. The minimum atomic E-state index is -1.97. The van der Waals surface area contributed by atoms with Gasteiger partial charge in [-0.2, -0.15) is 0 Å². The molecule has 0 radical (unpaired) electrons. The molecule has 1 N–H and O–H groups in total. The Kier molecular flexibility index (Phi) is 6.13. The number of hydrogen-bond acceptors (Lipinski definition) is 5. The van der Waals surface area contributed by atoms with Crippen LogP contribution in [0.4, 0.5) is 0 Å². The Morgan fingerprint density at radius 2 is 2.05 bits per heavy atom. The van der Waals surface area contributed by atoms with Gasteiger partial charge >= 0.3 is 5.97 Å². The summed E-state index contributed by atoms with van der Waals surface area (Å²) in [6, 6.07) is 0.971. The number of unbranched alkanes of at least 4 members (excludes halogenated alkanes) is 1. The van der Waals surface area contributed by atoms with Crippen molar-refractivity contribution in [2.45, 2.75) is 70.4 Å². The normalized spacial score (nSPS) is 30.3. The Balaban J connectivity index is 2.84. The van der Waals surface area contributed by atoms with Crippen LogP contribution in [0.2, 0.25) is 19.1 Å². The lowest BCUT2D eigenvalue weighted by Crippen LogP contribution is -2.54. The zero-order valence-electron chi connectivity index (χ0n) is 13.8. The van der Waals surface area contributed by atoms with Gasteiger partial charge in [0.1, 0.15) is 6.10 Å². The molecule has 1 aliphatic rings. The van der Waals surface area contributed by atoms with E-state index in [1.807, 2.05) is 0 Å². The molecule has 6 heteroatoms. The van der Waals surface area contributed by atoms with Gasteiger partial charge in [0.15, 0.2) is 19.7 Å². The second-order valence-corrected chi connectivity index (χ2v) is 11.0. The summed E-state index contributed by atoms with van der Waals surface area (Å²) in [5.74, 6) is -1.09. The molecule has 0 aromatic carbocycles. The summed E-state index contributed by atoms with van der Waals surface area (Å²) < 4.78 is 10.8. The number of carbonyl (C=O) groups is 2. The van der Waals surface area contributed by atoms with Crippen LogP contribution in [-0.2, 0) is 18.8 Å². The summed E-state index contributed by atoms with van der Waals surface area (Å²) in [6.07, 6.45) is 1.56. The fourth-order valence-corrected chi connectivity index (χ4v) is 5.21. The highest BCUT2D eigenvalue weighted by molar-refractivity contribution is 6.71. The van der Waals surface area contributed by atoms with Gasteiger partial charge < -0.3 is 14.3 Å². The van der Waals surface area contributed by atoms with Crippen LogP contribution in [0.1, 0.15) is 39.5 Å². The molecule has 3 atom stereocenters. The van der Waals surface area contributed by atoms with Crippen molar-refractivity contribution in [2.24, 2.45) is 5.92 Å². The lowest BCUT2D eigenvalue weighted by Gasteiger charge is -2.39. The van der Waals surface area contributed by atoms with Crippen LogP contribution in [-0.4, -0.2) is 44.0 Å². The molecule has 0 aliphatic heterocycles. The molecule has 0 aromatic rings. The number of methoxy groups -OCH3 is 1. The van der Waals surface area contributed by atoms with Crippen molar-refractivity contribution in [1.29, 1.82) is 0 Å². The van der Waals surface area contributed by atoms with Gasteiger partial charge in [-0.3, -0.25) is 4.79 Å². The Morgan fingerprint density at radius 1 is 1.43 bits per heavy atom. The van der Waals surface area contributed by atoms with Crippen LogP contribution in [0.5, 0.6) is 0 Å². The fourth-order valence-electron chi connectivity index (χ4n) is 2.92. The summed E-state index contributed by atoms with van der Waals surface area (Å²) in [6.45, 7) is 8.00. The van der Waals surface area contributed by atoms with E-state index in [0.717, 1.165) is 18.9 Å². The van der Waals surface area contributed by atoms with Gasteiger partial charge in [0.25, 0.3) is 0 Å². The highest BCUT2D eigenvalue weighted by Gasteiger charge is 2.50. The topological polar surface area (TPSA) is 72.8 Å². The standard InChI is InChI=1S/C15H28O5Si/c1-6-7-8-21(4,5)20-12-10-15(18,14(17)19-3)9-11(2)13(12)16/h11-12,18H,6-10H2,1-5H3/t11-,12-,15-/m1/s1. The first-order valence-electron chi connectivity index (χ1n) is 7.67. The first-order chi connectivity index (χ1) is 9.65. The average molecular weight is 316 g/mol. The molecule has 122 valence electrons. The zero-order valence-corrected chi connectivity index (χ0v) is 14.8. The SMILES string of the molecule is CCCC[Si](C)(C)O[C@@H]1C[C@@](O)(C(=O)OC)C[C@@H](C)C1=O. The van der Waals surface area contributed by atoms with Crippen molar-refractivity contribution in [3.8, 4) is 0 Å². The van der Waals surface area contributed by atoms with Crippen molar-refractivity contribution in [1.82, 2.24) is 0 Å². The summed E-state index contributed by atoms with van der Waals surface area (Å²) in [5, 5.41) is 10.5. The van der Waals surface area contributed by atoms with Crippen LogP contribution in [0, 0.1) is 5.92 Å². The van der Waals surface area contributed by atoms with Gasteiger partial charge in [0.2, 0.25) is 0 Å². The Bertz CT molecular complexity index is 396. The zero-order chi connectivity index (χ0) is 16.3. The fraction of sp³-hybridized carbons (Fsp3) is 0.867. The largest absolute Gasteiger partial charge is 0.467 e. The maximum atomic E-state index is 12.3. The molecule has 0 saturated heterocycles. The molecule has 1 fully saturated rings. The number of esters is 1. The molecule has 1 rings (SSSR count). The van der Waals surface area contributed by atoms with E-state index in [1.54, 1.807) is 6.92 Å². The minimum Gasteiger partial charge on any atom is -0.467 e. The summed E-state index contributed by atoms with van der Waals surface area (Å²) in [7, 11) is -0.727. The third-order valence-electron chi connectivity index (χ3n) is 4.13. The number of hydrogen-bond donors (Lipinski definition) is 1. The third kappa shape index (κ3) is 4.62. The van der Waals surface area contributed by atoms with Crippen molar-refractivity contribution >= 4 is 20.1 Å². The molecule has 0 bridgehead atoms. The number of aliphatic hydroxyl groups is 1. The van der Waals surface area contributed by atoms with Crippen molar-refractivity contribution in [3.63, 3.8) is 0 Å². The predicted molar refractivity (Wildman–Crippen MR) is 82.4 cm³/mol.